The molecule has 3 N–H and O–H groups in total. The molecule has 0 aliphatic carbocycles. The first-order valence-electron chi connectivity index (χ1n) is 5.50. The Balaban J connectivity index is 1.81. The smallest absolute Gasteiger partial charge is 0.0220 e. The van der Waals surface area contributed by atoms with Crippen LogP contribution in [0.2, 0.25) is 0 Å². The molecular weight excluding hydrogens is 162 g/mol. The number of rotatable bonds is 2. The number of nitrogens with two attached hydrogens (primary N) is 1. The van der Waals surface area contributed by atoms with Crippen molar-refractivity contribution in [2.75, 3.05) is 19.6 Å². The fraction of sp³-hybridized carbons (Fsp3) is 1.00. The first-order chi connectivity index (χ1) is 6.27. The Hall–Kier alpha value is -0.120. The van der Waals surface area contributed by atoms with Crippen LogP contribution in [0.5, 0.6) is 0 Å². The van der Waals surface area contributed by atoms with Gasteiger partial charge in [0.2, 0.25) is 0 Å². The molecule has 2 saturated heterocycles. The third-order valence-corrected chi connectivity index (χ3v) is 3.56. The molecule has 0 aromatic heterocycles. The zero-order chi connectivity index (χ0) is 9.26. The van der Waals surface area contributed by atoms with Gasteiger partial charge >= 0.3 is 0 Å². The van der Waals surface area contributed by atoms with Gasteiger partial charge in [0.05, 0.1) is 0 Å². The topological polar surface area (TPSA) is 41.3 Å². The van der Waals surface area contributed by atoms with Gasteiger partial charge in [-0.1, -0.05) is 0 Å². The van der Waals surface area contributed by atoms with Crippen LogP contribution < -0.4 is 11.1 Å². The van der Waals surface area contributed by atoms with E-state index in [0.29, 0.717) is 12.1 Å². The van der Waals surface area contributed by atoms with Crippen molar-refractivity contribution in [1.82, 2.24) is 10.2 Å². The number of hydrogen-bond donors (Lipinski definition) is 2. The van der Waals surface area contributed by atoms with Crippen LogP contribution in [0.15, 0.2) is 0 Å². The summed E-state index contributed by atoms with van der Waals surface area (Å²) in [7, 11) is 0. The molecule has 2 aliphatic rings. The van der Waals surface area contributed by atoms with Gasteiger partial charge in [-0.05, 0) is 32.7 Å². The predicted octanol–water partition coefficient (Wildman–Crippen LogP) is 0.160. The Morgan fingerprint density at radius 1 is 1.46 bits per heavy atom. The molecule has 76 valence electrons. The minimum absolute atomic E-state index is 0.404. The summed E-state index contributed by atoms with van der Waals surface area (Å²) in [5.41, 5.74) is 5.98. The Labute approximate surface area is 80.7 Å². The van der Waals surface area contributed by atoms with Crippen molar-refractivity contribution >= 4 is 0 Å². The zero-order valence-corrected chi connectivity index (χ0v) is 8.50. The highest BCUT2D eigenvalue weighted by atomic mass is 15.2. The van der Waals surface area contributed by atoms with Crippen molar-refractivity contribution in [2.24, 2.45) is 5.73 Å². The van der Waals surface area contributed by atoms with Crippen molar-refractivity contribution < 1.29 is 0 Å². The maximum atomic E-state index is 5.98. The Kier molecular flexibility index (Phi) is 2.86. The van der Waals surface area contributed by atoms with Crippen LogP contribution in [0, 0.1) is 0 Å². The summed E-state index contributed by atoms with van der Waals surface area (Å²) >= 11 is 0. The minimum atomic E-state index is 0.404. The molecule has 0 amide bonds. The first-order valence-corrected chi connectivity index (χ1v) is 5.50. The fourth-order valence-corrected chi connectivity index (χ4v) is 2.48. The Morgan fingerprint density at radius 3 is 2.85 bits per heavy atom. The number of nitrogens with zero attached hydrogens (tertiary/aromatic N) is 1. The SMILES string of the molecule is CC1C(N)CCN1C[C@@H]1CCCN1. The second-order valence-corrected chi connectivity index (χ2v) is 4.48. The van der Waals surface area contributed by atoms with E-state index in [0.717, 1.165) is 6.04 Å². The fourth-order valence-electron chi connectivity index (χ4n) is 2.48. The van der Waals surface area contributed by atoms with Gasteiger partial charge in [0.15, 0.2) is 0 Å². The molecule has 0 radical (unpaired) electrons. The lowest BCUT2D eigenvalue weighted by Gasteiger charge is -2.25. The molecule has 0 aromatic carbocycles. The summed E-state index contributed by atoms with van der Waals surface area (Å²) in [6, 6.07) is 1.72. The summed E-state index contributed by atoms with van der Waals surface area (Å²) < 4.78 is 0. The summed E-state index contributed by atoms with van der Waals surface area (Å²) in [6.45, 7) is 5.86. The van der Waals surface area contributed by atoms with Crippen molar-refractivity contribution in [3.05, 3.63) is 0 Å². The van der Waals surface area contributed by atoms with E-state index in [2.05, 4.69) is 17.1 Å². The summed E-state index contributed by atoms with van der Waals surface area (Å²) in [5.74, 6) is 0. The third kappa shape index (κ3) is 2.03. The Bertz CT molecular complexity index is 166. The van der Waals surface area contributed by atoms with E-state index in [9.17, 15) is 0 Å². The third-order valence-electron chi connectivity index (χ3n) is 3.56. The van der Waals surface area contributed by atoms with Gasteiger partial charge in [-0.15, -0.1) is 0 Å². The quantitative estimate of drug-likeness (QED) is 0.641. The van der Waals surface area contributed by atoms with Crippen LogP contribution >= 0.6 is 0 Å². The van der Waals surface area contributed by atoms with Crippen molar-refractivity contribution in [3.63, 3.8) is 0 Å². The summed E-state index contributed by atoms with van der Waals surface area (Å²) in [4.78, 5) is 2.54. The molecule has 0 spiro atoms. The van der Waals surface area contributed by atoms with Crippen LogP contribution in [-0.4, -0.2) is 42.7 Å². The molecule has 2 unspecified atom stereocenters. The van der Waals surface area contributed by atoms with E-state index in [1.54, 1.807) is 0 Å². The molecule has 2 heterocycles. The summed E-state index contributed by atoms with van der Waals surface area (Å²) in [5, 5.41) is 3.54. The van der Waals surface area contributed by atoms with E-state index >= 15 is 0 Å². The predicted molar refractivity (Wildman–Crippen MR) is 54.7 cm³/mol. The number of likely N-dealkylation sites (tertiary alicyclic amines) is 1. The van der Waals surface area contributed by atoms with Crippen molar-refractivity contribution in [1.29, 1.82) is 0 Å². The lowest BCUT2D eigenvalue weighted by molar-refractivity contribution is 0.237. The molecular formula is C10H21N3. The van der Waals surface area contributed by atoms with Gasteiger partial charge in [0, 0.05) is 31.2 Å². The molecule has 2 aliphatic heterocycles. The molecule has 0 saturated carbocycles. The molecule has 2 rings (SSSR count). The lowest BCUT2D eigenvalue weighted by atomic mass is 10.1. The van der Waals surface area contributed by atoms with Crippen LogP contribution in [-0.2, 0) is 0 Å². The second kappa shape index (κ2) is 3.95. The minimum Gasteiger partial charge on any atom is -0.326 e. The van der Waals surface area contributed by atoms with Crippen LogP contribution in [0.4, 0.5) is 0 Å². The molecule has 0 aromatic rings. The average Bonchev–Trinajstić information content (AvgIpc) is 2.71. The monoisotopic (exact) mass is 183 g/mol. The van der Waals surface area contributed by atoms with E-state index in [1.807, 2.05) is 0 Å². The van der Waals surface area contributed by atoms with E-state index < -0.39 is 0 Å². The van der Waals surface area contributed by atoms with E-state index in [4.69, 9.17) is 5.73 Å². The number of hydrogen-bond acceptors (Lipinski definition) is 3. The highest BCUT2D eigenvalue weighted by molar-refractivity contribution is 4.89. The standard InChI is InChI=1S/C10H21N3/c1-8-10(11)4-6-13(8)7-9-3-2-5-12-9/h8-10,12H,2-7,11H2,1H3/t8?,9-,10?/m0/s1. The van der Waals surface area contributed by atoms with Gasteiger partial charge in [-0.3, -0.25) is 4.90 Å². The van der Waals surface area contributed by atoms with Gasteiger partial charge in [-0.25, -0.2) is 0 Å². The maximum Gasteiger partial charge on any atom is 0.0220 e. The molecule has 0 bridgehead atoms. The maximum absolute atomic E-state index is 5.98. The lowest BCUT2D eigenvalue weighted by Crippen LogP contribution is -2.43. The van der Waals surface area contributed by atoms with Crippen LogP contribution in [0.25, 0.3) is 0 Å². The van der Waals surface area contributed by atoms with Crippen molar-refractivity contribution in [2.45, 2.75) is 44.3 Å². The second-order valence-electron chi connectivity index (χ2n) is 4.48. The largest absolute Gasteiger partial charge is 0.326 e. The zero-order valence-electron chi connectivity index (χ0n) is 8.50. The first kappa shape index (κ1) is 9.44. The van der Waals surface area contributed by atoms with Gasteiger partial charge in [-0.2, -0.15) is 0 Å². The molecule has 2 fully saturated rings. The molecule has 3 heteroatoms. The highest BCUT2D eigenvalue weighted by Gasteiger charge is 2.29. The normalized spacial score (nSPS) is 41.5. The Morgan fingerprint density at radius 2 is 2.31 bits per heavy atom. The highest BCUT2D eigenvalue weighted by Crippen LogP contribution is 2.17. The van der Waals surface area contributed by atoms with E-state index in [1.165, 1.54) is 38.9 Å². The molecule has 13 heavy (non-hydrogen) atoms. The number of nitrogens with one attached hydrogen (secondary N) is 1. The van der Waals surface area contributed by atoms with Crippen molar-refractivity contribution in [3.8, 4) is 0 Å². The van der Waals surface area contributed by atoms with E-state index in [-0.39, 0.29) is 0 Å². The van der Waals surface area contributed by atoms with Gasteiger partial charge < -0.3 is 11.1 Å². The average molecular weight is 183 g/mol. The summed E-state index contributed by atoms with van der Waals surface area (Å²) in [6.07, 6.45) is 3.87. The van der Waals surface area contributed by atoms with Crippen LogP contribution in [0.1, 0.15) is 26.2 Å². The molecule has 3 atom stereocenters. The van der Waals surface area contributed by atoms with Crippen LogP contribution in [0.3, 0.4) is 0 Å². The molecule has 3 nitrogen and oxygen atoms in total. The van der Waals surface area contributed by atoms with Gasteiger partial charge in [0.25, 0.3) is 0 Å². The van der Waals surface area contributed by atoms with Gasteiger partial charge in [0.1, 0.15) is 0 Å².